The van der Waals surface area contributed by atoms with Crippen molar-refractivity contribution in [1.82, 2.24) is 14.9 Å². The molecule has 5 atom stereocenters. The molecule has 0 saturated carbocycles. The number of halogens is 3. The van der Waals surface area contributed by atoms with Crippen LogP contribution in [0.1, 0.15) is 55.4 Å². The van der Waals surface area contributed by atoms with E-state index in [1.165, 1.54) is 45.1 Å². The zero-order valence-electron chi connectivity index (χ0n) is 24.4. The van der Waals surface area contributed by atoms with Gasteiger partial charge in [0.05, 0.1) is 29.3 Å². The quantitative estimate of drug-likeness (QED) is 0.210. The van der Waals surface area contributed by atoms with Gasteiger partial charge in [0.25, 0.3) is 0 Å². The Balaban J connectivity index is 1.59. The topological polar surface area (TPSA) is 131 Å². The lowest BCUT2D eigenvalue weighted by atomic mass is 9.51. The fraction of sp³-hybridized carbons (Fsp3) is 0.375. The number of ether oxygens (including phenoxy) is 1. The van der Waals surface area contributed by atoms with Crippen molar-refractivity contribution in [3.05, 3.63) is 95.6 Å². The maximum absolute atomic E-state index is 14.2. The normalized spacial score (nSPS) is 25.5. The lowest BCUT2D eigenvalue weighted by molar-refractivity contribution is -0.175. The minimum absolute atomic E-state index is 0.435. The number of carbonyl (C=O) groups excluding carboxylic acids is 1. The number of hydrogen-bond acceptors (Lipinski definition) is 6. The van der Waals surface area contributed by atoms with Crippen LogP contribution in [0.15, 0.2) is 73.3 Å². The molecule has 1 saturated heterocycles. The summed E-state index contributed by atoms with van der Waals surface area (Å²) >= 11 is 0. The molecule has 2 heterocycles. The molecule has 1 aliphatic heterocycles. The molecule has 0 aliphatic carbocycles. The molecule has 44 heavy (non-hydrogen) atoms. The van der Waals surface area contributed by atoms with E-state index >= 15 is 0 Å². The third-order valence-corrected chi connectivity index (χ3v) is 8.80. The fourth-order valence-electron chi connectivity index (χ4n) is 6.28. The Labute approximate surface area is 252 Å². The van der Waals surface area contributed by atoms with Crippen LogP contribution < -0.4 is 5.32 Å². The molecule has 0 radical (unpaired) electrons. The van der Waals surface area contributed by atoms with Crippen LogP contribution in [0.5, 0.6) is 0 Å². The molecule has 0 bridgehead atoms. The second-order valence-corrected chi connectivity index (χ2v) is 11.3. The second kappa shape index (κ2) is 12.7. The number of benzene rings is 2. The van der Waals surface area contributed by atoms with Gasteiger partial charge in [-0.2, -0.15) is 13.2 Å². The van der Waals surface area contributed by atoms with Crippen molar-refractivity contribution >= 4 is 24.0 Å². The van der Waals surface area contributed by atoms with Gasteiger partial charge in [0, 0.05) is 43.0 Å². The SMILES string of the molecule is CC1NC(C)C(CCOC(=O)C=Cc2ccc(Cn3ccnc3)cc2)(C(=O)O)C(c2ccccc2C(F)(F)F)C1(C)C(=O)O. The van der Waals surface area contributed by atoms with E-state index < -0.39 is 77.1 Å². The van der Waals surface area contributed by atoms with E-state index in [1.807, 2.05) is 22.9 Å². The molecule has 1 fully saturated rings. The molecule has 1 aliphatic rings. The fourth-order valence-corrected chi connectivity index (χ4v) is 6.28. The first-order valence-corrected chi connectivity index (χ1v) is 14.0. The summed E-state index contributed by atoms with van der Waals surface area (Å²) in [7, 11) is 0. The monoisotopic (exact) mass is 613 g/mol. The van der Waals surface area contributed by atoms with E-state index in [9.17, 15) is 37.8 Å². The third kappa shape index (κ3) is 6.26. The van der Waals surface area contributed by atoms with Crippen LogP contribution in [-0.4, -0.2) is 56.4 Å². The minimum Gasteiger partial charge on any atom is -0.481 e. The van der Waals surface area contributed by atoms with E-state index in [-0.39, 0.29) is 0 Å². The van der Waals surface area contributed by atoms with Gasteiger partial charge in [-0.25, -0.2) is 9.78 Å². The highest BCUT2D eigenvalue weighted by Gasteiger charge is 2.66. The zero-order valence-corrected chi connectivity index (χ0v) is 24.4. The van der Waals surface area contributed by atoms with Gasteiger partial charge in [-0.05, 0) is 56.0 Å². The molecule has 12 heteroatoms. The van der Waals surface area contributed by atoms with Crippen LogP contribution in [0, 0.1) is 10.8 Å². The van der Waals surface area contributed by atoms with Gasteiger partial charge >= 0.3 is 24.1 Å². The van der Waals surface area contributed by atoms with Crippen LogP contribution >= 0.6 is 0 Å². The molecule has 2 aromatic carbocycles. The Morgan fingerprint density at radius 1 is 1.05 bits per heavy atom. The van der Waals surface area contributed by atoms with Crippen LogP contribution in [0.2, 0.25) is 0 Å². The summed E-state index contributed by atoms with van der Waals surface area (Å²) in [6.45, 7) is 4.41. The van der Waals surface area contributed by atoms with Gasteiger partial charge in [-0.3, -0.25) is 9.59 Å². The first-order valence-electron chi connectivity index (χ1n) is 14.0. The Hall–Kier alpha value is -4.45. The summed E-state index contributed by atoms with van der Waals surface area (Å²) in [5, 5.41) is 24.0. The van der Waals surface area contributed by atoms with Crippen LogP contribution in [0.3, 0.4) is 0 Å². The maximum atomic E-state index is 14.2. The van der Waals surface area contributed by atoms with Crippen LogP contribution in [0.4, 0.5) is 13.2 Å². The minimum atomic E-state index is -4.87. The first kappa shape index (κ1) is 32.5. The summed E-state index contributed by atoms with van der Waals surface area (Å²) in [4.78, 5) is 42.4. The summed E-state index contributed by atoms with van der Waals surface area (Å²) in [5.41, 5.74) is -3.88. The van der Waals surface area contributed by atoms with Gasteiger partial charge in [0.2, 0.25) is 0 Å². The number of nitrogens with one attached hydrogen (secondary N) is 1. The van der Waals surface area contributed by atoms with Crippen LogP contribution in [0.25, 0.3) is 6.08 Å². The number of carboxylic acids is 2. The molecule has 3 N–H and O–H groups in total. The van der Waals surface area contributed by atoms with Crippen molar-refractivity contribution in [2.45, 2.75) is 57.9 Å². The van der Waals surface area contributed by atoms with E-state index in [1.54, 1.807) is 24.7 Å². The number of imidazole rings is 1. The average molecular weight is 614 g/mol. The standard InChI is InChI=1S/C32H34F3N3O6/c1-20-30(3,28(40)41)27(24-6-4-5-7-25(24)32(33,34)35)31(29(42)43,21(2)37-20)14-17-44-26(39)13-12-22-8-10-23(11-9-22)18-38-16-15-36-19-38/h4-13,15-16,19-21,27,37H,14,17-18H2,1-3H3,(H,40,41)(H,42,43). The maximum Gasteiger partial charge on any atom is 0.416 e. The van der Waals surface area contributed by atoms with E-state index in [0.29, 0.717) is 12.1 Å². The number of nitrogens with zero attached hydrogens (tertiary/aromatic N) is 2. The number of aromatic nitrogens is 2. The number of aliphatic carboxylic acids is 2. The summed E-state index contributed by atoms with van der Waals surface area (Å²) in [6, 6.07) is 9.95. The van der Waals surface area contributed by atoms with Gasteiger partial charge in [-0.15, -0.1) is 0 Å². The van der Waals surface area contributed by atoms with Gasteiger partial charge in [0.15, 0.2) is 0 Å². The lowest BCUT2D eigenvalue weighted by Gasteiger charge is -2.56. The zero-order chi connectivity index (χ0) is 32.3. The van der Waals surface area contributed by atoms with Crippen molar-refractivity contribution < 1.29 is 42.5 Å². The molecule has 5 unspecified atom stereocenters. The largest absolute Gasteiger partial charge is 0.481 e. The smallest absolute Gasteiger partial charge is 0.416 e. The number of hydrogen-bond donors (Lipinski definition) is 3. The van der Waals surface area contributed by atoms with Crippen molar-refractivity contribution in [3.8, 4) is 0 Å². The summed E-state index contributed by atoms with van der Waals surface area (Å²) < 4.78 is 49.8. The predicted octanol–water partition coefficient (Wildman–Crippen LogP) is 5.22. The van der Waals surface area contributed by atoms with Gasteiger partial charge in [-0.1, -0.05) is 42.5 Å². The highest BCUT2D eigenvalue weighted by atomic mass is 19.4. The van der Waals surface area contributed by atoms with Crippen LogP contribution in [-0.2, 0) is 31.8 Å². The molecule has 9 nitrogen and oxygen atoms in total. The highest BCUT2D eigenvalue weighted by molar-refractivity contribution is 5.87. The number of piperidine rings is 1. The number of carbonyl (C=O) groups is 3. The molecule has 4 rings (SSSR count). The summed E-state index contributed by atoms with van der Waals surface area (Å²) in [6.07, 6.45) is 2.59. The van der Waals surface area contributed by atoms with Crippen molar-refractivity contribution in [2.24, 2.45) is 10.8 Å². The molecule has 3 aromatic rings. The number of carboxylic acid groups (broad SMARTS) is 2. The molecule has 0 spiro atoms. The molecule has 0 amide bonds. The Morgan fingerprint density at radius 2 is 1.73 bits per heavy atom. The number of esters is 1. The van der Waals surface area contributed by atoms with E-state index in [0.717, 1.165) is 17.7 Å². The highest BCUT2D eigenvalue weighted by Crippen LogP contribution is 2.58. The molecule has 234 valence electrons. The molecular formula is C32H34F3N3O6. The molecular weight excluding hydrogens is 579 g/mol. The predicted molar refractivity (Wildman–Crippen MR) is 154 cm³/mol. The van der Waals surface area contributed by atoms with Gasteiger partial charge in [0.1, 0.15) is 0 Å². The number of rotatable bonds is 10. The third-order valence-electron chi connectivity index (χ3n) is 8.80. The summed E-state index contributed by atoms with van der Waals surface area (Å²) in [5.74, 6) is -5.37. The van der Waals surface area contributed by atoms with E-state index in [4.69, 9.17) is 4.74 Å². The van der Waals surface area contributed by atoms with Crippen molar-refractivity contribution in [3.63, 3.8) is 0 Å². The number of alkyl halides is 3. The second-order valence-electron chi connectivity index (χ2n) is 11.3. The van der Waals surface area contributed by atoms with E-state index in [2.05, 4.69) is 10.3 Å². The Morgan fingerprint density at radius 3 is 2.32 bits per heavy atom. The van der Waals surface area contributed by atoms with Gasteiger partial charge < -0.3 is 24.8 Å². The Bertz CT molecular complexity index is 1520. The average Bonchev–Trinajstić information content (AvgIpc) is 3.47. The lowest BCUT2D eigenvalue weighted by Crippen LogP contribution is -2.69. The van der Waals surface area contributed by atoms with Crippen molar-refractivity contribution in [2.75, 3.05) is 6.61 Å². The first-order chi connectivity index (χ1) is 20.7. The van der Waals surface area contributed by atoms with Crippen molar-refractivity contribution in [1.29, 1.82) is 0 Å². The molecule has 1 aromatic heterocycles. The Kier molecular flexibility index (Phi) is 9.33.